The maximum Gasteiger partial charge on any atom is 0.136 e. The van der Waals surface area contributed by atoms with Crippen LogP contribution < -0.4 is 5.36 Å². The predicted octanol–water partition coefficient (Wildman–Crippen LogP) is 3.33. The van der Waals surface area contributed by atoms with E-state index in [4.69, 9.17) is 9.83 Å². The number of hydrogen-bond acceptors (Lipinski definition) is 2. The van der Waals surface area contributed by atoms with Gasteiger partial charge in [-0.3, -0.25) is 0 Å². The van der Waals surface area contributed by atoms with Gasteiger partial charge in [0.15, 0.2) is 0 Å². The fraction of sp³-hybridized carbons (Fsp3) is 0.0714. The van der Waals surface area contributed by atoms with Gasteiger partial charge in [-0.15, -0.1) is 0 Å². The standard InChI is InChI=1S/C14H11NO/c1-9-2-3-10-7-11-4-5-12(15)8-14(11)16-13(10)6-9/h2-8,15H,1H3. The number of hydrogen-bond donors (Lipinski definition) is 1. The largest absolute Gasteiger partial charge is 0.456 e. The van der Waals surface area contributed by atoms with Gasteiger partial charge in [0, 0.05) is 17.0 Å². The Bertz CT molecular complexity index is 697. The van der Waals surface area contributed by atoms with Crippen LogP contribution in [-0.4, -0.2) is 0 Å². The highest BCUT2D eigenvalue weighted by Crippen LogP contribution is 2.27. The van der Waals surface area contributed by atoms with E-state index in [-0.39, 0.29) is 0 Å². The van der Waals surface area contributed by atoms with Crippen molar-refractivity contribution < 1.29 is 4.42 Å². The van der Waals surface area contributed by atoms with Gasteiger partial charge in [0.2, 0.25) is 0 Å². The molecule has 0 saturated carbocycles. The van der Waals surface area contributed by atoms with Crippen molar-refractivity contribution in [2.75, 3.05) is 0 Å². The summed E-state index contributed by atoms with van der Waals surface area (Å²) in [4.78, 5) is 0. The van der Waals surface area contributed by atoms with Gasteiger partial charge < -0.3 is 9.83 Å². The van der Waals surface area contributed by atoms with Crippen molar-refractivity contribution in [1.29, 1.82) is 5.41 Å². The van der Waals surface area contributed by atoms with E-state index in [9.17, 15) is 0 Å². The average Bonchev–Trinajstić information content (AvgIpc) is 2.26. The first-order chi connectivity index (χ1) is 7.72. The van der Waals surface area contributed by atoms with Crippen molar-refractivity contribution in [3.05, 3.63) is 53.4 Å². The monoisotopic (exact) mass is 209 g/mol. The summed E-state index contributed by atoms with van der Waals surface area (Å²) < 4.78 is 5.79. The van der Waals surface area contributed by atoms with Crippen LogP contribution >= 0.6 is 0 Å². The van der Waals surface area contributed by atoms with Crippen molar-refractivity contribution in [3.63, 3.8) is 0 Å². The zero-order valence-corrected chi connectivity index (χ0v) is 8.95. The molecule has 0 saturated heterocycles. The van der Waals surface area contributed by atoms with E-state index in [1.54, 1.807) is 12.1 Å². The van der Waals surface area contributed by atoms with Crippen LogP contribution in [-0.2, 0) is 0 Å². The third-order valence-corrected chi connectivity index (χ3v) is 2.71. The maximum absolute atomic E-state index is 7.57. The number of rotatable bonds is 0. The topological polar surface area (TPSA) is 37.0 Å². The highest BCUT2D eigenvalue weighted by molar-refractivity contribution is 5.83. The van der Waals surface area contributed by atoms with E-state index >= 15 is 0 Å². The van der Waals surface area contributed by atoms with Gasteiger partial charge in [0.1, 0.15) is 11.3 Å². The highest BCUT2D eigenvalue weighted by Gasteiger charge is 2.06. The quantitative estimate of drug-likeness (QED) is 0.566. The van der Waals surface area contributed by atoms with Crippen molar-refractivity contribution in [3.8, 4) is 11.3 Å². The van der Waals surface area contributed by atoms with Gasteiger partial charge in [-0.2, -0.15) is 0 Å². The smallest absolute Gasteiger partial charge is 0.136 e. The molecule has 1 aromatic rings. The molecule has 1 N–H and O–H groups in total. The molecule has 2 aliphatic rings. The summed E-state index contributed by atoms with van der Waals surface area (Å²) in [5.74, 6) is 0.769. The fourth-order valence-corrected chi connectivity index (χ4v) is 1.88. The molecule has 0 radical (unpaired) electrons. The molecule has 2 nitrogen and oxygen atoms in total. The Morgan fingerprint density at radius 1 is 1.00 bits per heavy atom. The van der Waals surface area contributed by atoms with Crippen LogP contribution in [0.3, 0.4) is 0 Å². The molecule has 1 aliphatic heterocycles. The van der Waals surface area contributed by atoms with Crippen LogP contribution in [0.5, 0.6) is 0 Å². The van der Waals surface area contributed by atoms with Gasteiger partial charge >= 0.3 is 0 Å². The Morgan fingerprint density at radius 2 is 1.88 bits per heavy atom. The Labute approximate surface area is 93.0 Å². The predicted molar refractivity (Wildman–Crippen MR) is 63.4 cm³/mol. The molecule has 0 aromatic heterocycles. The lowest BCUT2D eigenvalue weighted by Crippen LogP contribution is -1.97. The number of fused-ring (bicyclic) bond motifs is 2. The first-order valence-corrected chi connectivity index (χ1v) is 5.21. The summed E-state index contributed by atoms with van der Waals surface area (Å²) in [6, 6.07) is 13.7. The number of nitrogens with one attached hydrogen (secondary N) is 1. The zero-order chi connectivity index (χ0) is 11.1. The van der Waals surface area contributed by atoms with Crippen molar-refractivity contribution in [2.45, 2.75) is 6.92 Å². The molecule has 0 fully saturated rings. The highest BCUT2D eigenvalue weighted by atomic mass is 16.3. The van der Waals surface area contributed by atoms with Crippen molar-refractivity contribution >= 4 is 11.0 Å². The molecule has 16 heavy (non-hydrogen) atoms. The summed E-state index contributed by atoms with van der Waals surface area (Å²) in [6.45, 7) is 2.04. The van der Waals surface area contributed by atoms with Crippen LogP contribution in [0, 0.1) is 12.3 Å². The lowest BCUT2D eigenvalue weighted by Gasteiger charge is -2.06. The molecule has 78 valence electrons. The number of benzene rings is 2. The summed E-state index contributed by atoms with van der Waals surface area (Å²) in [5, 5.41) is 9.14. The maximum atomic E-state index is 7.57. The third-order valence-electron chi connectivity index (χ3n) is 2.71. The van der Waals surface area contributed by atoms with Crippen LogP contribution in [0.4, 0.5) is 0 Å². The van der Waals surface area contributed by atoms with Gasteiger partial charge in [-0.05, 0) is 36.8 Å². The summed E-state index contributed by atoms with van der Waals surface area (Å²) in [6.07, 6.45) is 0. The zero-order valence-electron chi connectivity index (χ0n) is 8.95. The third kappa shape index (κ3) is 1.39. The lowest BCUT2D eigenvalue weighted by molar-refractivity contribution is 0.618. The summed E-state index contributed by atoms with van der Waals surface area (Å²) in [7, 11) is 0. The SMILES string of the molecule is Cc1ccc2cc3ccc(=N)cc-3oc2c1. The first kappa shape index (κ1) is 9.16. The molecule has 0 unspecified atom stereocenters. The fourth-order valence-electron chi connectivity index (χ4n) is 1.88. The van der Waals surface area contributed by atoms with E-state index in [0.717, 1.165) is 22.3 Å². The molecular weight excluding hydrogens is 198 g/mol. The van der Waals surface area contributed by atoms with Crippen molar-refractivity contribution in [2.24, 2.45) is 0 Å². The van der Waals surface area contributed by atoms with Gasteiger partial charge in [0.25, 0.3) is 0 Å². The molecule has 3 rings (SSSR count). The molecule has 0 spiro atoms. The minimum Gasteiger partial charge on any atom is -0.456 e. The van der Waals surface area contributed by atoms with E-state index < -0.39 is 0 Å². The number of aryl methyl sites for hydroxylation is 1. The van der Waals surface area contributed by atoms with E-state index in [1.807, 2.05) is 19.1 Å². The van der Waals surface area contributed by atoms with E-state index in [0.29, 0.717) is 5.36 Å². The van der Waals surface area contributed by atoms with Gasteiger partial charge in [-0.25, -0.2) is 0 Å². The first-order valence-electron chi connectivity index (χ1n) is 5.21. The molecule has 2 heteroatoms. The Hall–Kier alpha value is -2.09. The van der Waals surface area contributed by atoms with Gasteiger partial charge in [0.05, 0.1) is 5.36 Å². The molecule has 0 amide bonds. The average molecular weight is 209 g/mol. The Morgan fingerprint density at radius 3 is 2.75 bits per heavy atom. The van der Waals surface area contributed by atoms with Crippen molar-refractivity contribution in [1.82, 2.24) is 0 Å². The van der Waals surface area contributed by atoms with E-state index in [1.165, 1.54) is 5.56 Å². The summed E-state index contributed by atoms with van der Waals surface area (Å²) >= 11 is 0. The molecule has 0 atom stereocenters. The minimum absolute atomic E-state index is 0.475. The second-order valence-electron chi connectivity index (χ2n) is 4.04. The summed E-state index contributed by atoms with van der Waals surface area (Å²) in [5.41, 5.74) is 3.09. The molecular formula is C14H11NO. The molecule has 0 bridgehead atoms. The van der Waals surface area contributed by atoms with E-state index in [2.05, 4.69) is 18.2 Å². The van der Waals surface area contributed by atoms with Crippen LogP contribution in [0.25, 0.3) is 22.3 Å². The Balaban J connectivity index is 2.46. The molecule has 1 heterocycles. The van der Waals surface area contributed by atoms with Crippen LogP contribution in [0.1, 0.15) is 5.56 Å². The van der Waals surface area contributed by atoms with Crippen LogP contribution in [0.15, 0.2) is 46.9 Å². The lowest BCUT2D eigenvalue weighted by atomic mass is 10.1. The van der Waals surface area contributed by atoms with Gasteiger partial charge in [-0.1, -0.05) is 12.1 Å². The van der Waals surface area contributed by atoms with Crippen LogP contribution in [0.2, 0.25) is 0 Å². The second kappa shape index (κ2) is 3.20. The Kier molecular flexibility index (Phi) is 1.83. The second-order valence-corrected chi connectivity index (χ2v) is 4.04. The normalized spacial score (nSPS) is 11.1. The molecule has 1 aromatic carbocycles. The molecule has 1 aliphatic carbocycles. The minimum atomic E-state index is 0.475.